The molecule has 28 heavy (non-hydrogen) atoms. The predicted octanol–water partition coefficient (Wildman–Crippen LogP) is 3.85. The lowest BCUT2D eigenvalue weighted by molar-refractivity contribution is 0.122. The van der Waals surface area contributed by atoms with Gasteiger partial charge in [0.15, 0.2) is 5.82 Å². The average molecular weight is 394 g/mol. The van der Waals surface area contributed by atoms with Crippen LogP contribution in [0.25, 0.3) is 10.2 Å². The van der Waals surface area contributed by atoms with E-state index in [1.165, 1.54) is 22.5 Å². The minimum atomic E-state index is 0.797. The quantitative estimate of drug-likeness (QED) is 0.539. The van der Waals surface area contributed by atoms with Gasteiger partial charge in [-0.1, -0.05) is 12.1 Å². The van der Waals surface area contributed by atoms with Gasteiger partial charge < -0.3 is 9.64 Å². The van der Waals surface area contributed by atoms with Gasteiger partial charge in [-0.05, 0) is 49.4 Å². The van der Waals surface area contributed by atoms with E-state index in [9.17, 15) is 0 Å². The highest BCUT2D eigenvalue weighted by Crippen LogP contribution is 2.39. The highest BCUT2D eigenvalue weighted by Gasteiger charge is 2.21. The van der Waals surface area contributed by atoms with Gasteiger partial charge in [-0.3, -0.25) is 5.43 Å². The number of nitrogens with zero attached hydrogens (tertiary/aromatic N) is 4. The molecule has 0 bridgehead atoms. The van der Waals surface area contributed by atoms with Gasteiger partial charge in [-0.25, -0.2) is 9.97 Å². The van der Waals surface area contributed by atoms with Crippen LogP contribution in [0.1, 0.15) is 29.3 Å². The molecule has 1 saturated heterocycles. The second kappa shape index (κ2) is 7.48. The van der Waals surface area contributed by atoms with E-state index in [1.807, 2.05) is 6.92 Å². The zero-order valence-electron chi connectivity index (χ0n) is 15.9. The van der Waals surface area contributed by atoms with Crippen molar-refractivity contribution in [2.24, 2.45) is 5.10 Å². The first-order chi connectivity index (χ1) is 13.8. The summed E-state index contributed by atoms with van der Waals surface area (Å²) in [4.78, 5) is 13.8. The standard InChI is InChI=1S/C21H23N5OS/c1-14(15-5-7-16(8-6-15)26-9-11-27-12-10-26)24-25-20-19-17-3-2-4-18(17)28-21(19)23-13-22-20/h5-8,13H,2-4,9-12H2,1H3,(H,22,23,25)/b24-14-. The number of hydrogen-bond donors (Lipinski definition) is 1. The first-order valence-electron chi connectivity index (χ1n) is 9.78. The van der Waals surface area contributed by atoms with E-state index in [-0.39, 0.29) is 0 Å². The predicted molar refractivity (Wildman–Crippen MR) is 115 cm³/mol. The Morgan fingerprint density at radius 2 is 1.96 bits per heavy atom. The van der Waals surface area contributed by atoms with Crippen LogP contribution in [-0.2, 0) is 17.6 Å². The van der Waals surface area contributed by atoms with Gasteiger partial charge in [0.2, 0.25) is 0 Å². The largest absolute Gasteiger partial charge is 0.378 e. The molecule has 6 nitrogen and oxygen atoms in total. The second-order valence-corrected chi connectivity index (χ2v) is 8.30. The molecule has 5 rings (SSSR count). The molecule has 144 valence electrons. The van der Waals surface area contributed by atoms with Crippen LogP contribution < -0.4 is 10.3 Å². The highest BCUT2D eigenvalue weighted by atomic mass is 32.1. The fourth-order valence-corrected chi connectivity index (χ4v) is 5.18. The number of benzene rings is 1. The fraction of sp³-hybridized carbons (Fsp3) is 0.381. The minimum Gasteiger partial charge on any atom is -0.378 e. The van der Waals surface area contributed by atoms with Crippen LogP contribution in [0.4, 0.5) is 11.5 Å². The lowest BCUT2D eigenvalue weighted by Gasteiger charge is -2.28. The van der Waals surface area contributed by atoms with Crippen molar-refractivity contribution in [1.29, 1.82) is 0 Å². The molecule has 1 aliphatic heterocycles. The van der Waals surface area contributed by atoms with Crippen molar-refractivity contribution in [2.75, 3.05) is 36.6 Å². The Morgan fingerprint density at radius 1 is 1.14 bits per heavy atom. The molecule has 1 fully saturated rings. The summed E-state index contributed by atoms with van der Waals surface area (Å²) in [6, 6.07) is 8.58. The fourth-order valence-electron chi connectivity index (χ4n) is 3.95. The number of ether oxygens (including phenoxy) is 1. The first-order valence-corrected chi connectivity index (χ1v) is 10.6. The SMILES string of the molecule is C/C(=N/Nc1ncnc2sc3c(c12)CCC3)c1ccc(N2CCOCC2)cc1. The monoisotopic (exact) mass is 393 g/mol. The lowest BCUT2D eigenvalue weighted by Crippen LogP contribution is -2.36. The van der Waals surface area contributed by atoms with E-state index in [1.54, 1.807) is 17.7 Å². The van der Waals surface area contributed by atoms with Crippen molar-refractivity contribution in [3.05, 3.63) is 46.6 Å². The van der Waals surface area contributed by atoms with Crippen molar-refractivity contribution in [1.82, 2.24) is 9.97 Å². The van der Waals surface area contributed by atoms with Gasteiger partial charge in [-0.2, -0.15) is 5.10 Å². The van der Waals surface area contributed by atoms with Crippen LogP contribution in [0.5, 0.6) is 0 Å². The van der Waals surface area contributed by atoms with Gasteiger partial charge in [0, 0.05) is 23.7 Å². The Bertz CT molecular complexity index is 1020. The molecule has 7 heteroatoms. The number of rotatable bonds is 4. The number of nitrogens with one attached hydrogen (secondary N) is 1. The van der Waals surface area contributed by atoms with Gasteiger partial charge >= 0.3 is 0 Å². The molecule has 1 aromatic carbocycles. The minimum absolute atomic E-state index is 0.797. The number of aryl methyl sites for hydroxylation is 2. The van der Waals surface area contributed by atoms with E-state index in [0.717, 1.165) is 66.5 Å². The van der Waals surface area contributed by atoms with Crippen molar-refractivity contribution in [3.8, 4) is 0 Å². The number of hydrazone groups is 1. The van der Waals surface area contributed by atoms with Crippen LogP contribution in [0.3, 0.4) is 0 Å². The highest BCUT2D eigenvalue weighted by molar-refractivity contribution is 7.19. The van der Waals surface area contributed by atoms with Crippen molar-refractivity contribution >= 4 is 38.8 Å². The van der Waals surface area contributed by atoms with Crippen LogP contribution in [0, 0.1) is 0 Å². The molecule has 0 radical (unpaired) electrons. The molecular weight excluding hydrogens is 370 g/mol. The van der Waals surface area contributed by atoms with E-state index in [2.05, 4.69) is 49.7 Å². The van der Waals surface area contributed by atoms with Crippen molar-refractivity contribution in [3.63, 3.8) is 0 Å². The number of fused-ring (bicyclic) bond motifs is 3. The number of morpholine rings is 1. The summed E-state index contributed by atoms with van der Waals surface area (Å²) in [5, 5.41) is 5.76. The number of aromatic nitrogens is 2. The maximum atomic E-state index is 5.43. The molecule has 0 atom stereocenters. The maximum Gasteiger partial charge on any atom is 0.158 e. The van der Waals surface area contributed by atoms with Crippen LogP contribution in [0.15, 0.2) is 35.7 Å². The van der Waals surface area contributed by atoms with Gasteiger partial charge in [0.25, 0.3) is 0 Å². The Hall–Kier alpha value is -2.51. The molecule has 3 heterocycles. The van der Waals surface area contributed by atoms with Crippen molar-refractivity contribution < 1.29 is 4.74 Å². The van der Waals surface area contributed by atoms with Crippen LogP contribution >= 0.6 is 11.3 Å². The average Bonchev–Trinajstić information content (AvgIpc) is 3.34. The third-order valence-corrected chi connectivity index (χ3v) is 6.69. The Kier molecular flexibility index (Phi) is 4.70. The molecule has 3 aromatic rings. The topological polar surface area (TPSA) is 62.6 Å². The molecule has 0 spiro atoms. The molecule has 0 unspecified atom stereocenters. The maximum absolute atomic E-state index is 5.43. The zero-order chi connectivity index (χ0) is 18.9. The summed E-state index contributed by atoms with van der Waals surface area (Å²) >= 11 is 1.79. The summed E-state index contributed by atoms with van der Waals surface area (Å²) in [5.41, 5.74) is 7.88. The zero-order valence-corrected chi connectivity index (χ0v) is 16.8. The summed E-state index contributed by atoms with van der Waals surface area (Å²) in [5.74, 6) is 0.814. The second-order valence-electron chi connectivity index (χ2n) is 7.22. The Morgan fingerprint density at radius 3 is 2.79 bits per heavy atom. The molecule has 2 aliphatic rings. The van der Waals surface area contributed by atoms with Gasteiger partial charge in [-0.15, -0.1) is 11.3 Å². The summed E-state index contributed by atoms with van der Waals surface area (Å²) in [6.07, 6.45) is 5.12. The molecule has 1 N–H and O–H groups in total. The van der Waals surface area contributed by atoms with Crippen LogP contribution in [0.2, 0.25) is 0 Å². The van der Waals surface area contributed by atoms with Crippen LogP contribution in [-0.4, -0.2) is 42.0 Å². The molecule has 1 aliphatic carbocycles. The van der Waals surface area contributed by atoms with E-state index in [0.29, 0.717) is 0 Å². The Balaban J connectivity index is 1.36. The normalized spacial score (nSPS) is 17.2. The number of hydrogen-bond acceptors (Lipinski definition) is 7. The third-order valence-electron chi connectivity index (χ3n) is 5.49. The smallest absolute Gasteiger partial charge is 0.158 e. The van der Waals surface area contributed by atoms with Gasteiger partial charge in [0.1, 0.15) is 11.2 Å². The molecular formula is C21H23N5OS. The van der Waals surface area contributed by atoms with E-state index in [4.69, 9.17) is 4.74 Å². The summed E-state index contributed by atoms with van der Waals surface area (Å²) in [6.45, 7) is 5.51. The molecule has 0 saturated carbocycles. The number of anilines is 2. The van der Waals surface area contributed by atoms with Gasteiger partial charge in [0.05, 0.1) is 24.3 Å². The van der Waals surface area contributed by atoms with E-state index < -0.39 is 0 Å². The first kappa shape index (κ1) is 17.6. The summed E-state index contributed by atoms with van der Waals surface area (Å²) < 4.78 is 5.43. The van der Waals surface area contributed by atoms with E-state index >= 15 is 0 Å². The molecule has 2 aromatic heterocycles. The number of thiophene rings is 1. The van der Waals surface area contributed by atoms with Crippen molar-refractivity contribution in [2.45, 2.75) is 26.2 Å². The molecule has 0 amide bonds. The Labute approximate surface area is 168 Å². The summed E-state index contributed by atoms with van der Waals surface area (Å²) in [7, 11) is 0. The lowest BCUT2D eigenvalue weighted by atomic mass is 10.1. The third kappa shape index (κ3) is 3.25.